The number of aliphatic imine (C=N–C) groups is 1. The Labute approximate surface area is 182 Å². The molecule has 0 spiro atoms. The first-order valence-corrected chi connectivity index (χ1v) is 9.78. The number of hydrogen-bond donors (Lipinski definition) is 0. The van der Waals surface area contributed by atoms with Gasteiger partial charge in [0.25, 0.3) is 5.91 Å². The highest BCUT2D eigenvalue weighted by molar-refractivity contribution is 6.32. The Bertz CT molecular complexity index is 1030. The summed E-state index contributed by atoms with van der Waals surface area (Å²) in [5.41, 5.74) is -0.228. The maximum atomic E-state index is 13.8. The second-order valence-electron chi connectivity index (χ2n) is 7.96. The SMILES string of the molecule is CC(C)(C)OC(=O)CN1C(=O)C(C(F)(F)F)N=C(c2ccccc2)c2cc(Cl)ccc21. The van der Waals surface area contributed by atoms with Gasteiger partial charge in [0.15, 0.2) is 0 Å². The van der Waals surface area contributed by atoms with Crippen LogP contribution in [0.5, 0.6) is 0 Å². The molecule has 0 saturated carbocycles. The Hall–Kier alpha value is -2.87. The second kappa shape index (κ2) is 8.34. The fraction of sp³-hybridized carbons (Fsp3) is 0.318. The first-order chi connectivity index (χ1) is 14.4. The normalized spacial score (nSPS) is 17.0. The molecule has 0 saturated heterocycles. The highest BCUT2D eigenvalue weighted by Gasteiger charge is 2.49. The Kier molecular flexibility index (Phi) is 6.14. The number of amides is 1. The topological polar surface area (TPSA) is 59.0 Å². The number of alkyl halides is 3. The third-order valence-corrected chi connectivity index (χ3v) is 4.56. The van der Waals surface area contributed by atoms with Crippen molar-refractivity contribution < 1.29 is 27.5 Å². The summed E-state index contributed by atoms with van der Waals surface area (Å²) in [6.07, 6.45) is -4.96. The highest BCUT2D eigenvalue weighted by Crippen LogP contribution is 2.35. The predicted octanol–water partition coefficient (Wildman–Crippen LogP) is 4.80. The molecule has 0 radical (unpaired) electrons. The summed E-state index contributed by atoms with van der Waals surface area (Å²) in [6, 6.07) is 9.76. The number of benzodiazepines with no additional fused rings is 1. The zero-order chi connectivity index (χ0) is 23.0. The third kappa shape index (κ3) is 5.25. The van der Waals surface area contributed by atoms with Gasteiger partial charge in [0.2, 0.25) is 6.04 Å². The summed E-state index contributed by atoms with van der Waals surface area (Å²) in [4.78, 5) is 29.9. The van der Waals surface area contributed by atoms with Crippen LogP contribution in [0, 0.1) is 0 Å². The van der Waals surface area contributed by atoms with Gasteiger partial charge in [-0.1, -0.05) is 41.9 Å². The summed E-state index contributed by atoms with van der Waals surface area (Å²) in [6.45, 7) is 4.17. The molecule has 3 rings (SSSR count). The van der Waals surface area contributed by atoms with Gasteiger partial charge >= 0.3 is 12.1 Å². The van der Waals surface area contributed by atoms with E-state index < -0.39 is 36.2 Å². The minimum atomic E-state index is -4.96. The molecule has 0 aliphatic carbocycles. The number of nitrogens with zero attached hydrogens (tertiary/aromatic N) is 2. The van der Waals surface area contributed by atoms with Crippen LogP contribution in [0.3, 0.4) is 0 Å². The van der Waals surface area contributed by atoms with Crippen LogP contribution in [-0.2, 0) is 14.3 Å². The molecule has 1 unspecified atom stereocenters. The number of esters is 1. The summed E-state index contributed by atoms with van der Waals surface area (Å²) >= 11 is 6.11. The van der Waals surface area contributed by atoms with Crippen molar-refractivity contribution in [1.82, 2.24) is 0 Å². The molecule has 1 amide bonds. The number of fused-ring (bicyclic) bond motifs is 1. The lowest BCUT2D eigenvalue weighted by molar-refractivity contribution is -0.163. The number of ether oxygens (including phenoxy) is 1. The lowest BCUT2D eigenvalue weighted by atomic mass is 10.00. The first kappa shape index (κ1) is 22.8. The van der Waals surface area contributed by atoms with E-state index in [1.54, 1.807) is 51.1 Å². The van der Waals surface area contributed by atoms with Gasteiger partial charge in [-0.25, -0.2) is 0 Å². The number of anilines is 1. The number of halogens is 4. The summed E-state index contributed by atoms with van der Waals surface area (Å²) in [7, 11) is 0. The standard InChI is InChI=1S/C22H20ClF3N2O3/c1-21(2,3)31-17(29)12-28-16-10-9-14(23)11-15(16)18(13-7-5-4-6-8-13)27-19(20(28)30)22(24,25)26/h4-11,19H,12H2,1-3H3. The van der Waals surface area contributed by atoms with Crippen LogP contribution in [0.4, 0.5) is 18.9 Å². The maximum Gasteiger partial charge on any atom is 0.419 e. The molecule has 0 bridgehead atoms. The Morgan fingerprint density at radius 1 is 1.13 bits per heavy atom. The monoisotopic (exact) mass is 452 g/mol. The third-order valence-electron chi connectivity index (χ3n) is 4.33. The van der Waals surface area contributed by atoms with E-state index in [1.165, 1.54) is 18.2 Å². The van der Waals surface area contributed by atoms with E-state index in [0.29, 0.717) is 5.56 Å². The van der Waals surface area contributed by atoms with Crippen molar-refractivity contribution in [2.45, 2.75) is 38.6 Å². The number of carbonyl (C=O) groups is 2. The molecule has 5 nitrogen and oxygen atoms in total. The Morgan fingerprint density at radius 3 is 2.35 bits per heavy atom. The first-order valence-electron chi connectivity index (χ1n) is 9.40. The number of benzene rings is 2. The van der Waals surface area contributed by atoms with Gasteiger partial charge in [-0.3, -0.25) is 19.5 Å². The van der Waals surface area contributed by atoms with Gasteiger partial charge in [0, 0.05) is 16.1 Å². The maximum absolute atomic E-state index is 13.8. The molecule has 0 N–H and O–H groups in total. The van der Waals surface area contributed by atoms with Crippen molar-refractivity contribution in [2.24, 2.45) is 4.99 Å². The number of hydrogen-bond acceptors (Lipinski definition) is 4. The summed E-state index contributed by atoms with van der Waals surface area (Å²) in [5, 5.41) is 0.248. The van der Waals surface area contributed by atoms with Crippen LogP contribution in [0.2, 0.25) is 5.02 Å². The lowest BCUT2D eigenvalue weighted by Crippen LogP contribution is -2.48. The molecular formula is C22H20ClF3N2O3. The van der Waals surface area contributed by atoms with E-state index >= 15 is 0 Å². The van der Waals surface area contributed by atoms with Gasteiger partial charge in [-0.2, -0.15) is 13.2 Å². The quantitative estimate of drug-likeness (QED) is 0.629. The van der Waals surface area contributed by atoms with Crippen molar-refractivity contribution in [3.8, 4) is 0 Å². The molecule has 0 aromatic heterocycles. The van der Waals surface area contributed by atoms with E-state index in [4.69, 9.17) is 16.3 Å². The highest BCUT2D eigenvalue weighted by atomic mass is 35.5. The van der Waals surface area contributed by atoms with Gasteiger partial charge < -0.3 is 4.74 Å². The average molecular weight is 453 g/mol. The molecule has 1 heterocycles. The lowest BCUT2D eigenvalue weighted by Gasteiger charge is -2.27. The van der Waals surface area contributed by atoms with Crippen molar-refractivity contribution in [2.75, 3.05) is 11.4 Å². The average Bonchev–Trinajstić information content (AvgIpc) is 2.76. The van der Waals surface area contributed by atoms with Crippen LogP contribution in [0.25, 0.3) is 0 Å². The van der Waals surface area contributed by atoms with Crippen LogP contribution >= 0.6 is 11.6 Å². The summed E-state index contributed by atoms with van der Waals surface area (Å²) < 4.78 is 46.8. The molecule has 0 fully saturated rings. The molecule has 9 heteroatoms. The van der Waals surface area contributed by atoms with Gasteiger partial charge in [0.05, 0.1) is 11.4 Å². The van der Waals surface area contributed by atoms with Crippen LogP contribution < -0.4 is 4.90 Å². The largest absolute Gasteiger partial charge is 0.459 e. The number of rotatable bonds is 3. The molecule has 1 atom stereocenters. The van der Waals surface area contributed by atoms with E-state index in [2.05, 4.69) is 4.99 Å². The van der Waals surface area contributed by atoms with Crippen LogP contribution in [-0.4, -0.2) is 42.0 Å². The van der Waals surface area contributed by atoms with Crippen LogP contribution in [0.1, 0.15) is 31.9 Å². The van der Waals surface area contributed by atoms with Crippen molar-refractivity contribution >= 4 is 34.9 Å². The van der Waals surface area contributed by atoms with Crippen LogP contribution in [0.15, 0.2) is 53.5 Å². The smallest absolute Gasteiger partial charge is 0.419 e. The zero-order valence-electron chi connectivity index (χ0n) is 17.0. The minimum Gasteiger partial charge on any atom is -0.459 e. The van der Waals surface area contributed by atoms with E-state index in [-0.39, 0.29) is 22.0 Å². The molecule has 2 aromatic rings. The van der Waals surface area contributed by atoms with Gasteiger partial charge in [0.1, 0.15) is 12.1 Å². The number of carbonyl (C=O) groups excluding carboxylic acids is 2. The Balaban J connectivity index is 2.19. The minimum absolute atomic E-state index is 0.0412. The van der Waals surface area contributed by atoms with Crippen molar-refractivity contribution in [3.63, 3.8) is 0 Å². The fourth-order valence-corrected chi connectivity index (χ4v) is 3.33. The van der Waals surface area contributed by atoms with Gasteiger partial charge in [-0.05, 0) is 39.0 Å². The molecular weight excluding hydrogens is 433 g/mol. The van der Waals surface area contributed by atoms with Gasteiger partial charge in [-0.15, -0.1) is 0 Å². The van der Waals surface area contributed by atoms with Crippen molar-refractivity contribution in [1.29, 1.82) is 0 Å². The Morgan fingerprint density at radius 2 is 1.77 bits per heavy atom. The molecule has 164 valence electrons. The van der Waals surface area contributed by atoms with E-state index in [9.17, 15) is 22.8 Å². The molecule has 1 aliphatic rings. The van der Waals surface area contributed by atoms with E-state index in [1.807, 2.05) is 0 Å². The fourth-order valence-electron chi connectivity index (χ4n) is 3.16. The molecule has 31 heavy (non-hydrogen) atoms. The zero-order valence-corrected chi connectivity index (χ0v) is 17.8. The molecule has 2 aromatic carbocycles. The summed E-state index contributed by atoms with van der Waals surface area (Å²) in [5.74, 6) is -2.21. The van der Waals surface area contributed by atoms with Crippen molar-refractivity contribution in [3.05, 3.63) is 64.7 Å². The molecule has 1 aliphatic heterocycles. The predicted molar refractivity (Wildman–Crippen MR) is 112 cm³/mol. The van der Waals surface area contributed by atoms with E-state index in [0.717, 1.165) is 4.90 Å². The second-order valence-corrected chi connectivity index (χ2v) is 8.40.